The first-order valence-corrected chi connectivity index (χ1v) is 6.67. The van der Waals surface area contributed by atoms with Gasteiger partial charge in [0.25, 0.3) is 0 Å². The van der Waals surface area contributed by atoms with Crippen LogP contribution in [0.1, 0.15) is 45.9 Å². The topological polar surface area (TPSA) is 47.3 Å². The van der Waals surface area contributed by atoms with Crippen molar-refractivity contribution in [2.45, 2.75) is 52.4 Å². The smallest absolute Gasteiger partial charge is 0.120 e. The van der Waals surface area contributed by atoms with Gasteiger partial charge in [-0.15, -0.1) is 0 Å². The van der Waals surface area contributed by atoms with E-state index in [1.54, 1.807) is 6.20 Å². The minimum absolute atomic E-state index is 0.247. The molecule has 0 saturated heterocycles. The van der Waals surface area contributed by atoms with E-state index in [0.29, 0.717) is 0 Å². The Bertz CT molecular complexity index is 358. The number of hydrogen-bond acceptors (Lipinski definition) is 3. The predicted octanol–water partition coefficient (Wildman–Crippen LogP) is 2.90. The molecule has 1 N–H and O–H groups in total. The van der Waals surface area contributed by atoms with Gasteiger partial charge in [-0.05, 0) is 43.1 Å². The average molecular weight is 305 g/mol. The molecule has 0 saturated carbocycles. The van der Waals surface area contributed by atoms with Crippen LogP contribution in [0.5, 0.6) is 0 Å². The van der Waals surface area contributed by atoms with E-state index in [9.17, 15) is 5.11 Å². The lowest BCUT2D eigenvalue weighted by atomic mass is 10.2. The molecule has 0 fully saturated rings. The molecule has 1 heterocycles. The highest BCUT2D eigenvalue weighted by atomic mass is 79.9. The third kappa shape index (κ3) is 4.41. The Hall–Kier alpha value is -0.390. The molecule has 0 aliphatic rings. The molecular formula is C12H21BrN2O2. The van der Waals surface area contributed by atoms with Crippen molar-refractivity contribution in [2.24, 2.45) is 0 Å². The number of halogens is 1. The Morgan fingerprint density at radius 3 is 2.71 bits per heavy atom. The molecule has 0 radical (unpaired) electrons. The predicted molar refractivity (Wildman–Crippen MR) is 70.9 cm³/mol. The molecule has 0 bridgehead atoms. The maximum absolute atomic E-state index is 10.1. The lowest BCUT2D eigenvalue weighted by Crippen LogP contribution is -2.24. The molecule has 1 unspecified atom stereocenters. The molecule has 0 aliphatic carbocycles. The Morgan fingerprint density at radius 1 is 1.53 bits per heavy atom. The first-order valence-electron chi connectivity index (χ1n) is 5.88. The summed E-state index contributed by atoms with van der Waals surface area (Å²) >= 11 is 3.41. The van der Waals surface area contributed by atoms with Crippen LogP contribution in [0.25, 0.3) is 0 Å². The summed E-state index contributed by atoms with van der Waals surface area (Å²) in [6.07, 6.45) is 2.04. The summed E-state index contributed by atoms with van der Waals surface area (Å²) in [5.41, 5.74) is 0.541. The van der Waals surface area contributed by atoms with Crippen molar-refractivity contribution >= 4 is 15.9 Å². The number of hydrogen-bond donors (Lipinski definition) is 1. The van der Waals surface area contributed by atoms with Gasteiger partial charge in [0.05, 0.1) is 28.6 Å². The van der Waals surface area contributed by atoms with Crippen LogP contribution in [0.3, 0.4) is 0 Å². The van der Waals surface area contributed by atoms with E-state index in [0.717, 1.165) is 23.1 Å². The highest BCUT2D eigenvalue weighted by Crippen LogP contribution is 2.25. The van der Waals surface area contributed by atoms with Crippen LogP contribution >= 0.6 is 15.9 Å². The molecule has 1 aromatic heterocycles. The normalized spacial score (nSPS) is 14.0. The van der Waals surface area contributed by atoms with E-state index in [-0.39, 0.29) is 12.2 Å². The summed E-state index contributed by atoms with van der Waals surface area (Å²) in [5, 5.41) is 14.4. The van der Waals surface area contributed by atoms with Gasteiger partial charge in [-0.25, -0.2) is 0 Å². The first kappa shape index (κ1) is 14.7. The second-order valence-corrected chi connectivity index (χ2v) is 5.89. The zero-order valence-electron chi connectivity index (χ0n) is 10.9. The summed E-state index contributed by atoms with van der Waals surface area (Å²) < 4.78 is 8.24. The lowest BCUT2D eigenvalue weighted by molar-refractivity contribution is -0.0519. The monoisotopic (exact) mass is 304 g/mol. The van der Waals surface area contributed by atoms with Gasteiger partial charge < -0.3 is 9.84 Å². The largest absolute Gasteiger partial charge is 0.384 e. The molecule has 5 heteroatoms. The fraction of sp³-hybridized carbons (Fsp3) is 0.750. The van der Waals surface area contributed by atoms with Crippen molar-refractivity contribution in [2.75, 3.05) is 6.61 Å². The molecule has 0 amide bonds. The van der Waals surface area contributed by atoms with Gasteiger partial charge in [0.15, 0.2) is 0 Å². The van der Waals surface area contributed by atoms with Crippen LogP contribution in [0, 0.1) is 0 Å². The van der Waals surface area contributed by atoms with Gasteiger partial charge in [0.2, 0.25) is 0 Å². The molecule has 1 rings (SSSR count). The number of rotatable bonds is 5. The minimum atomic E-state index is -0.655. The zero-order valence-corrected chi connectivity index (χ0v) is 12.5. The van der Waals surface area contributed by atoms with Crippen molar-refractivity contribution in [1.29, 1.82) is 0 Å². The first-order chi connectivity index (χ1) is 7.85. The molecule has 17 heavy (non-hydrogen) atoms. The molecule has 1 aromatic rings. The van der Waals surface area contributed by atoms with Crippen LogP contribution in [-0.4, -0.2) is 27.1 Å². The van der Waals surface area contributed by atoms with Crippen LogP contribution in [0.15, 0.2) is 10.7 Å². The average Bonchev–Trinajstić information content (AvgIpc) is 2.56. The Balaban J connectivity index is 2.73. The van der Waals surface area contributed by atoms with Crippen molar-refractivity contribution in [3.8, 4) is 0 Å². The van der Waals surface area contributed by atoms with Gasteiger partial charge in [-0.1, -0.05) is 6.92 Å². The molecule has 98 valence electrons. The standard InChI is InChI=1S/C12H21BrN2O2/c1-5-6-15-11(9(13)7-14-15)10(16)8-17-12(2,3)4/h7,10,16H,5-6,8H2,1-4H3. The quantitative estimate of drug-likeness (QED) is 0.910. The summed E-state index contributed by atoms with van der Waals surface area (Å²) in [6, 6.07) is 0. The fourth-order valence-electron chi connectivity index (χ4n) is 1.50. The molecule has 0 aromatic carbocycles. The van der Waals surface area contributed by atoms with Crippen molar-refractivity contribution < 1.29 is 9.84 Å². The van der Waals surface area contributed by atoms with E-state index < -0.39 is 6.10 Å². The lowest BCUT2D eigenvalue weighted by Gasteiger charge is -2.22. The Labute approximate surface area is 111 Å². The highest BCUT2D eigenvalue weighted by molar-refractivity contribution is 9.10. The number of nitrogens with zero attached hydrogens (tertiary/aromatic N) is 2. The summed E-state index contributed by atoms with van der Waals surface area (Å²) in [5.74, 6) is 0. The van der Waals surface area contributed by atoms with Crippen molar-refractivity contribution in [1.82, 2.24) is 9.78 Å². The summed E-state index contributed by atoms with van der Waals surface area (Å²) in [7, 11) is 0. The Morgan fingerprint density at radius 2 is 2.18 bits per heavy atom. The van der Waals surface area contributed by atoms with Crippen LogP contribution in [0.4, 0.5) is 0 Å². The van der Waals surface area contributed by atoms with Crippen LogP contribution in [-0.2, 0) is 11.3 Å². The summed E-state index contributed by atoms with van der Waals surface area (Å²) in [6.45, 7) is 9.07. The molecule has 0 aliphatic heterocycles. The van der Waals surface area contributed by atoms with Crippen molar-refractivity contribution in [3.63, 3.8) is 0 Å². The minimum Gasteiger partial charge on any atom is -0.384 e. The second kappa shape index (κ2) is 5.98. The van der Waals surface area contributed by atoms with E-state index in [1.165, 1.54) is 0 Å². The number of ether oxygens (including phenoxy) is 1. The van der Waals surface area contributed by atoms with Gasteiger partial charge in [0.1, 0.15) is 6.10 Å². The molecule has 1 atom stereocenters. The maximum Gasteiger partial charge on any atom is 0.120 e. The molecule has 4 nitrogen and oxygen atoms in total. The second-order valence-electron chi connectivity index (χ2n) is 5.04. The van der Waals surface area contributed by atoms with Crippen molar-refractivity contribution in [3.05, 3.63) is 16.4 Å². The van der Waals surface area contributed by atoms with Crippen LogP contribution in [0.2, 0.25) is 0 Å². The number of aromatic nitrogens is 2. The fourth-order valence-corrected chi connectivity index (χ4v) is 2.06. The van der Waals surface area contributed by atoms with E-state index in [4.69, 9.17) is 4.74 Å². The van der Waals surface area contributed by atoms with E-state index in [2.05, 4.69) is 28.0 Å². The molecule has 0 spiro atoms. The van der Waals surface area contributed by atoms with Gasteiger partial charge in [-0.2, -0.15) is 5.10 Å². The summed E-state index contributed by atoms with van der Waals surface area (Å²) in [4.78, 5) is 0. The van der Waals surface area contributed by atoms with E-state index in [1.807, 2.05) is 25.5 Å². The van der Waals surface area contributed by atoms with Gasteiger partial charge in [0, 0.05) is 6.54 Å². The van der Waals surface area contributed by atoms with Gasteiger partial charge >= 0.3 is 0 Å². The highest BCUT2D eigenvalue weighted by Gasteiger charge is 2.20. The van der Waals surface area contributed by atoms with Gasteiger partial charge in [-0.3, -0.25) is 4.68 Å². The third-order valence-electron chi connectivity index (χ3n) is 2.26. The van der Waals surface area contributed by atoms with Crippen LogP contribution < -0.4 is 0 Å². The third-order valence-corrected chi connectivity index (χ3v) is 2.87. The number of aryl methyl sites for hydroxylation is 1. The Kier molecular flexibility index (Phi) is 5.16. The SMILES string of the molecule is CCCn1ncc(Br)c1C(O)COC(C)(C)C. The van der Waals surface area contributed by atoms with E-state index >= 15 is 0 Å². The number of aliphatic hydroxyl groups excluding tert-OH is 1. The number of aliphatic hydroxyl groups is 1. The zero-order chi connectivity index (χ0) is 13.1. The molecular weight excluding hydrogens is 284 g/mol. The maximum atomic E-state index is 10.1.